The minimum absolute atomic E-state index is 0.468. The fourth-order valence-corrected chi connectivity index (χ4v) is 4.01. The summed E-state index contributed by atoms with van der Waals surface area (Å²) in [4.78, 5) is 7.91. The molecule has 0 saturated carbocycles. The highest BCUT2D eigenvalue weighted by molar-refractivity contribution is 7.20. The number of hydrogen-bond acceptors (Lipinski definition) is 5. The first-order valence-corrected chi connectivity index (χ1v) is 8.18. The lowest BCUT2D eigenvalue weighted by Crippen LogP contribution is -2.42. The molecule has 4 heterocycles. The van der Waals surface area contributed by atoms with E-state index in [1.807, 2.05) is 40.8 Å². The minimum Gasteiger partial charge on any atom is -0.342 e. The number of piperidine rings is 1. The molecule has 1 atom stereocenters. The van der Waals surface area contributed by atoms with Crippen molar-refractivity contribution in [2.24, 2.45) is 0 Å². The molecule has 0 aromatic carbocycles. The average Bonchev–Trinajstić information content (AvgIpc) is 3.15. The molecule has 4 rings (SSSR count). The van der Waals surface area contributed by atoms with E-state index in [2.05, 4.69) is 15.0 Å². The number of nitrogens with zero attached hydrogens (tertiary/aromatic N) is 6. The summed E-state index contributed by atoms with van der Waals surface area (Å²) in [5.41, 5.74) is 1.02. The van der Waals surface area contributed by atoms with Gasteiger partial charge in [0.15, 0.2) is 0 Å². The van der Waals surface area contributed by atoms with Gasteiger partial charge in [0.1, 0.15) is 0 Å². The van der Waals surface area contributed by atoms with Crippen LogP contribution in [0, 0.1) is 6.92 Å². The van der Waals surface area contributed by atoms with E-state index < -0.39 is 0 Å². The second-order valence-electron chi connectivity index (χ2n) is 5.57. The van der Waals surface area contributed by atoms with Crippen LogP contribution in [0.25, 0.3) is 4.96 Å². The average molecular weight is 302 g/mol. The summed E-state index contributed by atoms with van der Waals surface area (Å²) in [6.45, 7) is 4.00. The van der Waals surface area contributed by atoms with Crippen molar-refractivity contribution in [3.8, 4) is 0 Å². The van der Waals surface area contributed by atoms with Gasteiger partial charge in [-0.2, -0.15) is 5.10 Å². The van der Waals surface area contributed by atoms with Gasteiger partial charge < -0.3 is 4.90 Å². The van der Waals surface area contributed by atoms with E-state index >= 15 is 0 Å². The maximum atomic E-state index is 4.71. The van der Waals surface area contributed by atoms with Crippen LogP contribution >= 0.6 is 11.3 Å². The van der Waals surface area contributed by atoms with Gasteiger partial charge in [-0.1, -0.05) is 11.3 Å². The summed E-state index contributed by atoms with van der Waals surface area (Å²) in [7, 11) is 0. The molecular weight excluding hydrogens is 284 g/mol. The van der Waals surface area contributed by atoms with Gasteiger partial charge in [-0.05, 0) is 32.3 Å². The molecule has 1 aliphatic rings. The molecule has 21 heavy (non-hydrogen) atoms. The Morgan fingerprint density at radius 1 is 1.38 bits per heavy atom. The second kappa shape index (κ2) is 5.14. The zero-order chi connectivity index (χ0) is 14.2. The van der Waals surface area contributed by atoms with E-state index in [1.54, 1.807) is 11.3 Å². The molecule has 0 amide bonds. The molecule has 0 aliphatic carbocycles. The van der Waals surface area contributed by atoms with E-state index in [-0.39, 0.29) is 0 Å². The van der Waals surface area contributed by atoms with E-state index in [9.17, 15) is 0 Å². The van der Waals surface area contributed by atoms with Gasteiger partial charge in [-0.3, -0.25) is 4.68 Å². The Kier molecular flexibility index (Phi) is 3.14. The summed E-state index contributed by atoms with van der Waals surface area (Å²) < 4.78 is 3.92. The molecule has 0 bridgehead atoms. The normalized spacial score (nSPS) is 19.5. The third kappa shape index (κ3) is 2.42. The first-order valence-electron chi connectivity index (χ1n) is 7.36. The monoisotopic (exact) mass is 302 g/mol. The van der Waals surface area contributed by atoms with Crippen LogP contribution in [0.3, 0.4) is 0 Å². The maximum Gasteiger partial charge on any atom is 0.214 e. The molecule has 6 nitrogen and oxygen atoms in total. The largest absolute Gasteiger partial charge is 0.342 e. The quantitative estimate of drug-likeness (QED) is 0.745. The molecule has 0 N–H and O–H groups in total. The standard InChI is InChI=1S/C14H18N6S/c1-11-9-20-13(16-11)21-14(17-20)19-8-3-2-5-12(19)10-18-7-4-6-15-18/h4,6-7,9,12H,2-3,5,8,10H2,1H3. The number of hydrogen-bond donors (Lipinski definition) is 0. The lowest BCUT2D eigenvalue weighted by atomic mass is 10.0. The molecule has 7 heteroatoms. The first kappa shape index (κ1) is 12.8. The summed E-state index contributed by atoms with van der Waals surface area (Å²) in [5, 5.41) is 10.1. The van der Waals surface area contributed by atoms with Crippen molar-refractivity contribution in [3.05, 3.63) is 30.4 Å². The Bertz CT molecular complexity index is 696. The fraction of sp³-hybridized carbons (Fsp3) is 0.500. The molecule has 0 radical (unpaired) electrons. The van der Waals surface area contributed by atoms with Gasteiger partial charge in [-0.15, -0.1) is 5.10 Å². The molecule has 3 aromatic rings. The number of aryl methyl sites for hydroxylation is 1. The predicted octanol–water partition coefficient (Wildman–Crippen LogP) is 2.35. The van der Waals surface area contributed by atoms with Crippen molar-refractivity contribution in [2.75, 3.05) is 11.4 Å². The first-order chi connectivity index (χ1) is 10.3. The summed E-state index contributed by atoms with van der Waals surface area (Å²) in [6, 6.07) is 2.45. The van der Waals surface area contributed by atoms with Crippen LogP contribution in [0.5, 0.6) is 0 Å². The van der Waals surface area contributed by atoms with Crippen molar-refractivity contribution in [2.45, 2.75) is 38.8 Å². The van der Waals surface area contributed by atoms with Crippen molar-refractivity contribution in [1.82, 2.24) is 24.4 Å². The molecule has 1 saturated heterocycles. The highest BCUT2D eigenvalue weighted by atomic mass is 32.1. The number of anilines is 1. The summed E-state index contributed by atoms with van der Waals surface area (Å²) in [5.74, 6) is 0. The van der Waals surface area contributed by atoms with E-state index in [0.717, 1.165) is 28.9 Å². The van der Waals surface area contributed by atoms with E-state index in [1.165, 1.54) is 19.3 Å². The van der Waals surface area contributed by atoms with Crippen molar-refractivity contribution < 1.29 is 0 Å². The van der Waals surface area contributed by atoms with Gasteiger partial charge in [0.2, 0.25) is 10.1 Å². The van der Waals surface area contributed by atoms with Crippen LogP contribution in [0.1, 0.15) is 25.0 Å². The van der Waals surface area contributed by atoms with Crippen LogP contribution in [-0.2, 0) is 6.54 Å². The molecule has 110 valence electrons. The Hall–Kier alpha value is -1.89. The summed E-state index contributed by atoms with van der Waals surface area (Å²) >= 11 is 1.68. The third-order valence-corrected chi connectivity index (χ3v) is 4.94. The Morgan fingerprint density at radius 2 is 2.33 bits per heavy atom. The Balaban J connectivity index is 1.61. The van der Waals surface area contributed by atoms with Crippen LogP contribution in [0.15, 0.2) is 24.7 Å². The van der Waals surface area contributed by atoms with E-state index in [4.69, 9.17) is 5.10 Å². The van der Waals surface area contributed by atoms with E-state index in [0.29, 0.717) is 6.04 Å². The highest BCUT2D eigenvalue weighted by Crippen LogP contribution is 2.29. The van der Waals surface area contributed by atoms with Gasteiger partial charge in [0.25, 0.3) is 0 Å². The van der Waals surface area contributed by atoms with Crippen molar-refractivity contribution in [1.29, 1.82) is 0 Å². The number of imidazole rings is 1. The molecule has 1 fully saturated rings. The second-order valence-corrected chi connectivity index (χ2v) is 6.50. The van der Waals surface area contributed by atoms with Crippen LogP contribution in [-0.4, -0.2) is 37.0 Å². The van der Waals surface area contributed by atoms with Crippen LogP contribution < -0.4 is 4.90 Å². The van der Waals surface area contributed by atoms with Gasteiger partial charge in [0.05, 0.1) is 24.5 Å². The lowest BCUT2D eigenvalue weighted by molar-refractivity contribution is 0.397. The predicted molar refractivity (Wildman–Crippen MR) is 82.8 cm³/mol. The third-order valence-electron chi connectivity index (χ3n) is 3.98. The Morgan fingerprint density at radius 3 is 3.14 bits per heavy atom. The van der Waals surface area contributed by atoms with Crippen LogP contribution in [0.4, 0.5) is 5.13 Å². The van der Waals surface area contributed by atoms with Gasteiger partial charge in [0, 0.05) is 18.9 Å². The molecule has 1 unspecified atom stereocenters. The highest BCUT2D eigenvalue weighted by Gasteiger charge is 2.26. The molecular formula is C14H18N6S. The summed E-state index contributed by atoms with van der Waals surface area (Å²) in [6.07, 6.45) is 9.57. The zero-order valence-electron chi connectivity index (χ0n) is 12.0. The Labute approximate surface area is 127 Å². The zero-order valence-corrected chi connectivity index (χ0v) is 12.8. The smallest absolute Gasteiger partial charge is 0.214 e. The molecule has 0 spiro atoms. The van der Waals surface area contributed by atoms with Crippen molar-refractivity contribution in [3.63, 3.8) is 0 Å². The maximum absolute atomic E-state index is 4.71. The van der Waals surface area contributed by atoms with Gasteiger partial charge in [-0.25, -0.2) is 9.50 Å². The SMILES string of the molecule is Cc1cn2nc(N3CCCCC3Cn3cccn3)sc2n1. The van der Waals surface area contributed by atoms with Gasteiger partial charge >= 0.3 is 0 Å². The number of rotatable bonds is 3. The fourth-order valence-electron chi connectivity index (χ4n) is 2.98. The number of aromatic nitrogens is 5. The topological polar surface area (TPSA) is 51.2 Å². The van der Waals surface area contributed by atoms with Crippen molar-refractivity contribution >= 4 is 21.4 Å². The number of fused-ring (bicyclic) bond motifs is 1. The molecule has 3 aromatic heterocycles. The van der Waals surface area contributed by atoms with Crippen LogP contribution in [0.2, 0.25) is 0 Å². The molecule has 1 aliphatic heterocycles. The lowest BCUT2D eigenvalue weighted by Gasteiger charge is -2.35. The minimum atomic E-state index is 0.468.